The fraction of sp³-hybridized carbons (Fsp3) is 0.474. The Morgan fingerprint density at radius 1 is 1.00 bits per heavy atom. The van der Waals surface area contributed by atoms with Crippen LogP contribution in [0.1, 0.15) is 45.4 Å². The fourth-order valence-corrected chi connectivity index (χ4v) is 3.44. The third-order valence-electron chi connectivity index (χ3n) is 4.81. The maximum atomic E-state index is 14.6. The van der Waals surface area contributed by atoms with Crippen molar-refractivity contribution in [3.63, 3.8) is 0 Å². The summed E-state index contributed by atoms with van der Waals surface area (Å²) in [6.45, 7) is 1.54. The van der Waals surface area contributed by atoms with Crippen molar-refractivity contribution in [1.29, 1.82) is 0 Å². The Bertz CT molecular complexity index is 645. The van der Waals surface area contributed by atoms with Gasteiger partial charge in [-0.25, -0.2) is 8.78 Å². The molecule has 0 heterocycles. The molecule has 0 amide bonds. The van der Waals surface area contributed by atoms with E-state index in [2.05, 4.69) is 0 Å². The van der Waals surface area contributed by atoms with Gasteiger partial charge in [-0.1, -0.05) is 43.7 Å². The van der Waals surface area contributed by atoms with Crippen LogP contribution in [0.3, 0.4) is 0 Å². The van der Waals surface area contributed by atoms with Gasteiger partial charge in [0, 0.05) is 6.42 Å². The second-order valence-corrected chi connectivity index (χ2v) is 6.22. The predicted octanol–water partition coefficient (Wildman–Crippen LogP) is 5.97. The van der Waals surface area contributed by atoms with Crippen LogP contribution in [0.15, 0.2) is 42.5 Å². The summed E-state index contributed by atoms with van der Waals surface area (Å²) in [6.07, 6.45) is 3.32. The average Bonchev–Trinajstić information content (AvgIpc) is 2.55. The molecule has 0 unspecified atom stereocenters. The normalized spacial score (nSPS) is 18.3. The van der Waals surface area contributed by atoms with Gasteiger partial charge in [0.2, 0.25) is 0 Å². The van der Waals surface area contributed by atoms with E-state index in [1.165, 1.54) is 0 Å². The molecule has 3 heteroatoms. The monoisotopic (exact) mass is 304 g/mol. The number of hydrogen-bond acceptors (Lipinski definition) is 1. The Labute approximate surface area is 130 Å². The highest BCUT2D eigenvalue weighted by Gasteiger charge is 2.54. The zero-order valence-corrected chi connectivity index (χ0v) is 12.9. The molecule has 0 aromatic heterocycles. The molecule has 0 aliphatic heterocycles. The number of benzene rings is 2. The Kier molecular flexibility index (Phi) is 4.07. The molecule has 1 fully saturated rings. The van der Waals surface area contributed by atoms with Crippen molar-refractivity contribution in [2.45, 2.75) is 57.0 Å². The first-order valence-corrected chi connectivity index (χ1v) is 8.12. The van der Waals surface area contributed by atoms with E-state index < -0.39 is 11.5 Å². The molecule has 118 valence electrons. The average molecular weight is 304 g/mol. The minimum Gasteiger partial charge on any atom is -0.481 e. The van der Waals surface area contributed by atoms with E-state index in [1.807, 2.05) is 42.5 Å². The van der Waals surface area contributed by atoms with Crippen LogP contribution in [0.5, 0.6) is 5.75 Å². The Hall–Kier alpha value is -1.64. The van der Waals surface area contributed by atoms with Crippen molar-refractivity contribution < 1.29 is 13.5 Å². The lowest BCUT2D eigenvalue weighted by Gasteiger charge is -2.43. The van der Waals surface area contributed by atoms with Crippen LogP contribution in [0, 0.1) is 0 Å². The zero-order chi connectivity index (χ0) is 15.6. The number of fused-ring (bicyclic) bond motifs is 1. The summed E-state index contributed by atoms with van der Waals surface area (Å²) in [5, 5.41) is 2.11. The topological polar surface area (TPSA) is 9.23 Å². The van der Waals surface area contributed by atoms with E-state index >= 15 is 0 Å². The highest BCUT2D eigenvalue weighted by atomic mass is 19.3. The maximum Gasteiger partial charge on any atom is 0.286 e. The second kappa shape index (κ2) is 5.86. The van der Waals surface area contributed by atoms with Gasteiger partial charge >= 0.3 is 0 Å². The quantitative estimate of drug-likeness (QED) is 0.676. The van der Waals surface area contributed by atoms with Crippen molar-refractivity contribution in [2.75, 3.05) is 0 Å². The molecule has 0 N–H and O–H groups in total. The van der Waals surface area contributed by atoms with Gasteiger partial charge in [0.1, 0.15) is 5.75 Å². The first-order chi connectivity index (χ1) is 10.6. The van der Waals surface area contributed by atoms with Crippen LogP contribution in [0.25, 0.3) is 10.8 Å². The van der Waals surface area contributed by atoms with Crippen LogP contribution in [-0.2, 0) is 0 Å². The molecule has 3 rings (SSSR count). The predicted molar refractivity (Wildman–Crippen MR) is 85.6 cm³/mol. The second-order valence-electron chi connectivity index (χ2n) is 6.22. The standard InChI is InChI=1S/C19H22F2O/c1-2-19(20,21)18(12-6-3-7-13-18)22-17-11-10-15-8-4-5-9-16(15)14-17/h4-5,8-11,14H,2-3,6-7,12-13H2,1H3. The molecule has 1 aliphatic rings. The molecule has 2 aromatic rings. The van der Waals surface area contributed by atoms with E-state index in [0.29, 0.717) is 18.6 Å². The summed E-state index contributed by atoms with van der Waals surface area (Å²) in [5.41, 5.74) is -1.34. The van der Waals surface area contributed by atoms with Crippen molar-refractivity contribution >= 4 is 10.8 Å². The summed E-state index contributed by atoms with van der Waals surface area (Å²) < 4.78 is 35.1. The molecule has 1 aliphatic carbocycles. The van der Waals surface area contributed by atoms with Crippen molar-refractivity contribution in [2.24, 2.45) is 0 Å². The summed E-state index contributed by atoms with van der Waals surface area (Å²) >= 11 is 0. The summed E-state index contributed by atoms with van der Waals surface area (Å²) in [5.74, 6) is -2.24. The molecule has 22 heavy (non-hydrogen) atoms. The van der Waals surface area contributed by atoms with Crippen molar-refractivity contribution in [3.05, 3.63) is 42.5 Å². The molecule has 0 bridgehead atoms. The van der Waals surface area contributed by atoms with Gasteiger partial charge in [0.15, 0.2) is 5.60 Å². The van der Waals surface area contributed by atoms with Gasteiger partial charge in [-0.15, -0.1) is 0 Å². The van der Waals surface area contributed by atoms with Crippen molar-refractivity contribution in [1.82, 2.24) is 0 Å². The van der Waals surface area contributed by atoms with E-state index in [4.69, 9.17) is 4.74 Å². The van der Waals surface area contributed by atoms with Gasteiger partial charge in [0.05, 0.1) is 0 Å². The van der Waals surface area contributed by atoms with Gasteiger partial charge in [-0.3, -0.25) is 0 Å². The highest BCUT2D eigenvalue weighted by molar-refractivity contribution is 5.83. The van der Waals surface area contributed by atoms with Crippen LogP contribution >= 0.6 is 0 Å². The molecule has 0 radical (unpaired) electrons. The minimum atomic E-state index is -2.79. The van der Waals surface area contributed by atoms with Gasteiger partial charge in [-0.2, -0.15) is 0 Å². The van der Waals surface area contributed by atoms with Crippen LogP contribution in [0.2, 0.25) is 0 Å². The Morgan fingerprint density at radius 2 is 1.68 bits per heavy atom. The molecule has 1 nitrogen and oxygen atoms in total. The molecule has 1 saturated carbocycles. The maximum absolute atomic E-state index is 14.6. The molecular weight excluding hydrogens is 282 g/mol. The first kappa shape index (κ1) is 15.3. The fourth-order valence-electron chi connectivity index (χ4n) is 3.44. The summed E-state index contributed by atoms with van der Waals surface area (Å²) in [7, 11) is 0. The number of rotatable bonds is 4. The highest BCUT2D eigenvalue weighted by Crippen LogP contribution is 2.45. The van der Waals surface area contributed by atoms with Crippen LogP contribution in [0.4, 0.5) is 8.78 Å². The first-order valence-electron chi connectivity index (χ1n) is 8.12. The van der Waals surface area contributed by atoms with Gasteiger partial charge < -0.3 is 4.74 Å². The van der Waals surface area contributed by atoms with E-state index in [-0.39, 0.29) is 6.42 Å². The molecule has 2 aromatic carbocycles. The summed E-state index contributed by atoms with van der Waals surface area (Å²) in [6, 6.07) is 13.5. The van der Waals surface area contributed by atoms with Crippen LogP contribution < -0.4 is 4.74 Å². The number of alkyl halides is 2. The number of ether oxygens (including phenoxy) is 1. The molecule has 0 atom stereocenters. The van der Waals surface area contributed by atoms with E-state index in [9.17, 15) is 8.78 Å². The molecule has 0 saturated heterocycles. The lowest BCUT2D eigenvalue weighted by atomic mass is 9.78. The Balaban J connectivity index is 1.95. The third kappa shape index (κ3) is 2.69. The lowest BCUT2D eigenvalue weighted by Crippen LogP contribution is -2.53. The SMILES string of the molecule is CCC(F)(F)C1(Oc2ccc3ccccc3c2)CCCCC1. The van der Waals surface area contributed by atoms with E-state index in [0.717, 1.165) is 30.0 Å². The zero-order valence-electron chi connectivity index (χ0n) is 12.9. The minimum absolute atomic E-state index is 0.180. The largest absolute Gasteiger partial charge is 0.481 e. The van der Waals surface area contributed by atoms with Crippen LogP contribution in [-0.4, -0.2) is 11.5 Å². The van der Waals surface area contributed by atoms with Crippen molar-refractivity contribution in [3.8, 4) is 5.75 Å². The van der Waals surface area contributed by atoms with Gasteiger partial charge in [0.25, 0.3) is 5.92 Å². The summed E-state index contributed by atoms with van der Waals surface area (Å²) in [4.78, 5) is 0. The Morgan fingerprint density at radius 3 is 2.36 bits per heavy atom. The lowest BCUT2D eigenvalue weighted by molar-refractivity contribution is -0.181. The third-order valence-corrected chi connectivity index (χ3v) is 4.81. The van der Waals surface area contributed by atoms with E-state index in [1.54, 1.807) is 6.92 Å². The molecular formula is C19H22F2O. The number of halogens is 2. The smallest absolute Gasteiger partial charge is 0.286 e. The number of hydrogen-bond donors (Lipinski definition) is 0. The molecule has 0 spiro atoms. The van der Waals surface area contributed by atoms with Gasteiger partial charge in [-0.05, 0) is 48.6 Å².